The fourth-order valence-corrected chi connectivity index (χ4v) is 1.85. The van der Waals surface area contributed by atoms with Crippen LogP contribution in [0.15, 0.2) is 30.5 Å². The lowest BCUT2D eigenvalue weighted by Crippen LogP contribution is -2.06. The number of hydrogen-bond acceptors (Lipinski definition) is 2. The quantitative estimate of drug-likeness (QED) is 0.756. The van der Waals surface area contributed by atoms with Crippen molar-refractivity contribution in [2.75, 3.05) is 0 Å². The maximum Gasteiger partial charge on any atom is 0.170 e. The van der Waals surface area contributed by atoms with Crippen LogP contribution in [0.3, 0.4) is 0 Å². The Labute approximate surface area is 101 Å². The van der Waals surface area contributed by atoms with E-state index in [-0.39, 0.29) is 5.78 Å². The van der Waals surface area contributed by atoms with Gasteiger partial charge in [-0.1, -0.05) is 24.3 Å². The lowest BCUT2D eigenvalue weighted by atomic mass is 10.00. The van der Waals surface area contributed by atoms with Gasteiger partial charge in [0.1, 0.15) is 0 Å². The molecule has 0 N–H and O–H groups in total. The van der Waals surface area contributed by atoms with Gasteiger partial charge in [0.2, 0.25) is 0 Å². The standard InChI is InChI=1S/C14H16N2O/c1-10-6-4-5-7-12(10)8-14(17)13-9-15-16(3)11(13)2/h4-7,9H,8H2,1-3H3. The topological polar surface area (TPSA) is 34.9 Å². The van der Waals surface area contributed by atoms with Crippen molar-refractivity contribution in [2.24, 2.45) is 7.05 Å². The molecular weight excluding hydrogens is 212 g/mol. The largest absolute Gasteiger partial charge is 0.294 e. The highest BCUT2D eigenvalue weighted by atomic mass is 16.1. The third-order valence-corrected chi connectivity index (χ3v) is 3.15. The van der Waals surface area contributed by atoms with Crippen LogP contribution in [0.1, 0.15) is 27.2 Å². The van der Waals surface area contributed by atoms with E-state index >= 15 is 0 Å². The van der Waals surface area contributed by atoms with Crippen LogP contribution in [-0.4, -0.2) is 15.6 Å². The Hall–Kier alpha value is -1.90. The molecule has 1 heterocycles. The molecule has 1 aromatic heterocycles. The van der Waals surface area contributed by atoms with Crippen LogP contribution < -0.4 is 0 Å². The summed E-state index contributed by atoms with van der Waals surface area (Å²) < 4.78 is 1.73. The summed E-state index contributed by atoms with van der Waals surface area (Å²) in [5.74, 6) is 0.130. The molecule has 0 aliphatic heterocycles. The van der Waals surface area contributed by atoms with Gasteiger partial charge in [0, 0.05) is 19.2 Å². The van der Waals surface area contributed by atoms with Gasteiger partial charge in [-0.3, -0.25) is 9.48 Å². The fraction of sp³-hybridized carbons (Fsp3) is 0.286. The molecule has 0 aliphatic carbocycles. The van der Waals surface area contributed by atoms with E-state index in [4.69, 9.17) is 0 Å². The Morgan fingerprint density at radius 1 is 1.29 bits per heavy atom. The number of Topliss-reactive ketones (excluding diaryl/α,β-unsaturated/α-hetero) is 1. The zero-order chi connectivity index (χ0) is 12.4. The van der Waals surface area contributed by atoms with E-state index in [1.165, 1.54) is 0 Å². The van der Waals surface area contributed by atoms with Crippen LogP contribution in [0.5, 0.6) is 0 Å². The molecule has 17 heavy (non-hydrogen) atoms. The molecule has 2 rings (SSSR count). The van der Waals surface area contributed by atoms with Crippen molar-refractivity contribution in [3.05, 3.63) is 52.8 Å². The van der Waals surface area contributed by atoms with E-state index < -0.39 is 0 Å². The molecule has 0 aliphatic rings. The lowest BCUT2D eigenvalue weighted by molar-refractivity contribution is 0.0992. The second kappa shape index (κ2) is 4.53. The minimum Gasteiger partial charge on any atom is -0.294 e. The maximum absolute atomic E-state index is 12.1. The van der Waals surface area contributed by atoms with Crippen LogP contribution in [0.4, 0.5) is 0 Å². The van der Waals surface area contributed by atoms with Gasteiger partial charge in [-0.15, -0.1) is 0 Å². The summed E-state index contributed by atoms with van der Waals surface area (Å²) in [6.45, 7) is 3.94. The molecule has 0 fully saturated rings. The number of carbonyl (C=O) groups is 1. The molecule has 1 aromatic carbocycles. The number of nitrogens with zero attached hydrogens (tertiary/aromatic N) is 2. The minimum absolute atomic E-state index is 0.130. The molecule has 0 amide bonds. The first kappa shape index (κ1) is 11.6. The molecule has 88 valence electrons. The number of carbonyl (C=O) groups excluding carboxylic acids is 1. The van der Waals surface area contributed by atoms with Gasteiger partial charge in [-0.05, 0) is 25.0 Å². The normalized spacial score (nSPS) is 10.5. The van der Waals surface area contributed by atoms with Gasteiger partial charge >= 0.3 is 0 Å². The van der Waals surface area contributed by atoms with Crippen LogP contribution in [0.2, 0.25) is 0 Å². The summed E-state index contributed by atoms with van der Waals surface area (Å²) >= 11 is 0. The Balaban J connectivity index is 2.23. The van der Waals surface area contributed by atoms with Gasteiger partial charge in [0.05, 0.1) is 11.8 Å². The minimum atomic E-state index is 0.130. The molecule has 0 saturated carbocycles. The maximum atomic E-state index is 12.1. The first-order valence-corrected chi connectivity index (χ1v) is 5.66. The zero-order valence-electron chi connectivity index (χ0n) is 10.4. The first-order chi connectivity index (χ1) is 8.09. The predicted octanol–water partition coefficient (Wildman–Crippen LogP) is 2.46. The number of rotatable bonds is 3. The van der Waals surface area contributed by atoms with Crippen LogP contribution >= 0.6 is 0 Å². The Bertz CT molecular complexity index is 555. The molecule has 0 radical (unpaired) electrons. The van der Waals surface area contributed by atoms with Gasteiger partial charge in [-0.25, -0.2) is 0 Å². The molecule has 2 aromatic rings. The molecule has 3 heteroatoms. The van der Waals surface area contributed by atoms with E-state index in [0.29, 0.717) is 6.42 Å². The zero-order valence-corrected chi connectivity index (χ0v) is 10.4. The second-order valence-electron chi connectivity index (χ2n) is 4.29. The molecule has 0 saturated heterocycles. The van der Waals surface area contributed by atoms with Crippen molar-refractivity contribution in [3.63, 3.8) is 0 Å². The van der Waals surface area contributed by atoms with Crippen molar-refractivity contribution >= 4 is 5.78 Å². The molecular formula is C14H16N2O. The average molecular weight is 228 g/mol. The molecule has 3 nitrogen and oxygen atoms in total. The predicted molar refractivity (Wildman–Crippen MR) is 67.2 cm³/mol. The van der Waals surface area contributed by atoms with Gasteiger partial charge < -0.3 is 0 Å². The number of aromatic nitrogens is 2. The van der Waals surface area contributed by atoms with E-state index in [0.717, 1.165) is 22.4 Å². The summed E-state index contributed by atoms with van der Waals surface area (Å²) in [7, 11) is 1.85. The smallest absolute Gasteiger partial charge is 0.170 e. The van der Waals surface area contributed by atoms with Crippen molar-refractivity contribution in [1.29, 1.82) is 0 Å². The van der Waals surface area contributed by atoms with E-state index in [9.17, 15) is 4.79 Å². The monoisotopic (exact) mass is 228 g/mol. The summed E-state index contributed by atoms with van der Waals surface area (Å²) in [6.07, 6.45) is 2.09. The second-order valence-corrected chi connectivity index (χ2v) is 4.29. The first-order valence-electron chi connectivity index (χ1n) is 5.66. The van der Waals surface area contributed by atoms with Crippen molar-refractivity contribution in [2.45, 2.75) is 20.3 Å². The Morgan fingerprint density at radius 2 is 2.00 bits per heavy atom. The van der Waals surface area contributed by atoms with Gasteiger partial charge in [0.25, 0.3) is 0 Å². The van der Waals surface area contributed by atoms with Crippen LogP contribution in [0, 0.1) is 13.8 Å². The van der Waals surface area contributed by atoms with E-state index in [2.05, 4.69) is 5.10 Å². The SMILES string of the molecule is Cc1ccccc1CC(=O)c1cnn(C)c1C. The van der Waals surface area contributed by atoms with Gasteiger partial charge in [-0.2, -0.15) is 5.10 Å². The highest BCUT2D eigenvalue weighted by molar-refractivity contribution is 5.98. The number of ketones is 1. The third kappa shape index (κ3) is 2.28. The Kier molecular flexibility index (Phi) is 3.09. The van der Waals surface area contributed by atoms with Crippen molar-refractivity contribution in [3.8, 4) is 0 Å². The highest BCUT2D eigenvalue weighted by Crippen LogP contribution is 2.13. The van der Waals surface area contributed by atoms with Crippen molar-refractivity contribution < 1.29 is 4.79 Å². The molecule has 0 bridgehead atoms. The van der Waals surface area contributed by atoms with Crippen molar-refractivity contribution in [1.82, 2.24) is 9.78 Å². The third-order valence-electron chi connectivity index (χ3n) is 3.15. The summed E-state index contributed by atoms with van der Waals surface area (Å²) in [6, 6.07) is 7.97. The summed E-state index contributed by atoms with van der Waals surface area (Å²) in [5, 5.41) is 4.10. The number of hydrogen-bond donors (Lipinski definition) is 0. The van der Waals surface area contributed by atoms with E-state index in [1.54, 1.807) is 10.9 Å². The molecule has 0 spiro atoms. The fourth-order valence-electron chi connectivity index (χ4n) is 1.85. The van der Waals surface area contributed by atoms with Gasteiger partial charge in [0.15, 0.2) is 5.78 Å². The molecule has 0 atom stereocenters. The Morgan fingerprint density at radius 3 is 2.59 bits per heavy atom. The van der Waals surface area contributed by atoms with Crippen LogP contribution in [0.25, 0.3) is 0 Å². The summed E-state index contributed by atoms with van der Waals surface area (Å²) in [5.41, 5.74) is 3.88. The summed E-state index contributed by atoms with van der Waals surface area (Å²) in [4.78, 5) is 12.1. The molecule has 0 unspecified atom stereocenters. The number of aryl methyl sites for hydroxylation is 2. The average Bonchev–Trinajstić information content (AvgIpc) is 2.63. The van der Waals surface area contributed by atoms with E-state index in [1.807, 2.05) is 45.2 Å². The number of benzene rings is 1. The van der Waals surface area contributed by atoms with Crippen LogP contribution in [-0.2, 0) is 13.5 Å². The lowest BCUT2D eigenvalue weighted by Gasteiger charge is -2.04. The highest BCUT2D eigenvalue weighted by Gasteiger charge is 2.13.